The van der Waals surface area contributed by atoms with Crippen LogP contribution in [0.25, 0.3) is 0 Å². The minimum Gasteiger partial charge on any atom is -0.481 e. The van der Waals surface area contributed by atoms with Gasteiger partial charge in [-0.15, -0.1) is 0 Å². The highest BCUT2D eigenvalue weighted by Crippen LogP contribution is 2.39. The SMILES string of the molecule is Cc1ccccc1N1CCC(C(=O)O)C1(C)C. The van der Waals surface area contributed by atoms with Gasteiger partial charge in [0.05, 0.1) is 5.92 Å². The third-order valence-electron chi connectivity index (χ3n) is 3.89. The van der Waals surface area contributed by atoms with Crippen molar-refractivity contribution in [2.45, 2.75) is 32.7 Å². The summed E-state index contributed by atoms with van der Waals surface area (Å²) >= 11 is 0. The Morgan fingerprint density at radius 3 is 2.59 bits per heavy atom. The number of hydrogen-bond acceptors (Lipinski definition) is 2. The van der Waals surface area contributed by atoms with Gasteiger partial charge < -0.3 is 10.0 Å². The van der Waals surface area contributed by atoms with Crippen LogP contribution >= 0.6 is 0 Å². The molecule has 1 heterocycles. The number of nitrogens with zero attached hydrogens (tertiary/aromatic N) is 1. The van der Waals surface area contributed by atoms with Crippen LogP contribution in [-0.2, 0) is 4.79 Å². The fraction of sp³-hybridized carbons (Fsp3) is 0.500. The smallest absolute Gasteiger partial charge is 0.308 e. The molecule has 1 aromatic carbocycles. The Balaban J connectivity index is 2.36. The average Bonchev–Trinajstić information content (AvgIpc) is 2.54. The van der Waals surface area contributed by atoms with Gasteiger partial charge in [0.15, 0.2) is 0 Å². The number of carbonyl (C=O) groups is 1. The number of benzene rings is 1. The van der Waals surface area contributed by atoms with Crippen LogP contribution in [0.2, 0.25) is 0 Å². The number of aryl methyl sites for hydroxylation is 1. The van der Waals surface area contributed by atoms with Gasteiger partial charge in [0.2, 0.25) is 0 Å². The summed E-state index contributed by atoms with van der Waals surface area (Å²) in [5.74, 6) is -0.979. The zero-order valence-electron chi connectivity index (χ0n) is 10.6. The van der Waals surface area contributed by atoms with E-state index < -0.39 is 5.97 Å². The first-order valence-corrected chi connectivity index (χ1v) is 6.00. The van der Waals surface area contributed by atoms with Crippen LogP contribution in [0, 0.1) is 12.8 Å². The van der Waals surface area contributed by atoms with Gasteiger partial charge >= 0.3 is 5.97 Å². The molecule has 3 heteroatoms. The minimum absolute atomic E-state index is 0.290. The lowest BCUT2D eigenvalue weighted by Crippen LogP contribution is -2.45. The highest BCUT2D eigenvalue weighted by molar-refractivity contribution is 5.74. The predicted molar refractivity (Wildman–Crippen MR) is 68.3 cm³/mol. The van der Waals surface area contributed by atoms with E-state index >= 15 is 0 Å². The fourth-order valence-electron chi connectivity index (χ4n) is 2.81. The molecule has 0 aliphatic carbocycles. The summed E-state index contributed by atoms with van der Waals surface area (Å²) in [7, 11) is 0. The molecule has 1 aromatic rings. The van der Waals surface area contributed by atoms with Crippen molar-refractivity contribution in [3.05, 3.63) is 29.8 Å². The van der Waals surface area contributed by atoms with Crippen molar-refractivity contribution in [2.24, 2.45) is 5.92 Å². The molecule has 17 heavy (non-hydrogen) atoms. The van der Waals surface area contributed by atoms with Crippen molar-refractivity contribution < 1.29 is 9.90 Å². The Kier molecular flexibility index (Phi) is 2.86. The molecule has 1 unspecified atom stereocenters. The van der Waals surface area contributed by atoms with Crippen LogP contribution in [0.1, 0.15) is 25.8 Å². The van der Waals surface area contributed by atoms with Crippen LogP contribution in [0.15, 0.2) is 24.3 Å². The maximum atomic E-state index is 11.3. The van der Waals surface area contributed by atoms with Crippen LogP contribution in [0.4, 0.5) is 5.69 Å². The zero-order chi connectivity index (χ0) is 12.6. The number of hydrogen-bond donors (Lipinski definition) is 1. The molecular formula is C14H19NO2. The lowest BCUT2D eigenvalue weighted by molar-refractivity contribution is -0.142. The molecule has 2 rings (SSSR count). The van der Waals surface area contributed by atoms with Gasteiger partial charge in [-0.1, -0.05) is 18.2 Å². The first kappa shape index (κ1) is 12.0. The van der Waals surface area contributed by atoms with Gasteiger partial charge in [-0.2, -0.15) is 0 Å². The highest BCUT2D eigenvalue weighted by atomic mass is 16.4. The van der Waals surface area contributed by atoms with E-state index in [1.165, 1.54) is 5.56 Å². The van der Waals surface area contributed by atoms with E-state index in [-0.39, 0.29) is 11.5 Å². The predicted octanol–water partition coefficient (Wildman–Crippen LogP) is 2.68. The normalized spacial score (nSPS) is 22.8. The molecule has 1 fully saturated rings. The Hall–Kier alpha value is -1.51. The van der Waals surface area contributed by atoms with Crippen molar-refractivity contribution in [3.8, 4) is 0 Å². The Morgan fingerprint density at radius 1 is 1.41 bits per heavy atom. The van der Waals surface area contributed by atoms with Crippen LogP contribution < -0.4 is 4.90 Å². The summed E-state index contributed by atoms with van der Waals surface area (Å²) in [5, 5.41) is 9.26. The molecule has 1 aliphatic rings. The molecule has 1 atom stereocenters. The first-order valence-electron chi connectivity index (χ1n) is 6.00. The van der Waals surface area contributed by atoms with E-state index in [0.29, 0.717) is 0 Å². The fourth-order valence-corrected chi connectivity index (χ4v) is 2.81. The average molecular weight is 233 g/mol. The number of para-hydroxylation sites is 1. The summed E-state index contributed by atoms with van der Waals surface area (Å²) in [6.07, 6.45) is 0.719. The van der Waals surface area contributed by atoms with E-state index in [1.807, 2.05) is 26.0 Å². The quantitative estimate of drug-likeness (QED) is 0.853. The maximum Gasteiger partial charge on any atom is 0.308 e. The molecule has 3 nitrogen and oxygen atoms in total. The molecular weight excluding hydrogens is 214 g/mol. The van der Waals surface area contributed by atoms with E-state index in [2.05, 4.69) is 24.0 Å². The van der Waals surface area contributed by atoms with Crippen molar-refractivity contribution >= 4 is 11.7 Å². The summed E-state index contributed by atoms with van der Waals surface area (Å²) in [5.41, 5.74) is 2.03. The largest absolute Gasteiger partial charge is 0.481 e. The van der Waals surface area contributed by atoms with Crippen molar-refractivity contribution in [1.82, 2.24) is 0 Å². The molecule has 0 saturated carbocycles. The third kappa shape index (κ3) is 1.90. The van der Waals surface area contributed by atoms with Gasteiger partial charge in [0.25, 0.3) is 0 Å². The molecule has 1 N–H and O–H groups in total. The first-order chi connectivity index (χ1) is 7.94. The number of carboxylic acid groups (broad SMARTS) is 1. The molecule has 0 amide bonds. The van der Waals surface area contributed by atoms with Crippen molar-refractivity contribution in [1.29, 1.82) is 0 Å². The van der Waals surface area contributed by atoms with Crippen LogP contribution in [0.3, 0.4) is 0 Å². The summed E-state index contributed by atoms with van der Waals surface area (Å²) < 4.78 is 0. The lowest BCUT2D eigenvalue weighted by Gasteiger charge is -2.37. The second kappa shape index (κ2) is 4.06. The maximum absolute atomic E-state index is 11.3. The summed E-state index contributed by atoms with van der Waals surface area (Å²) in [6.45, 7) is 6.92. The molecule has 0 spiro atoms. The second-order valence-electron chi connectivity index (χ2n) is 5.27. The second-order valence-corrected chi connectivity index (χ2v) is 5.27. The molecule has 1 aliphatic heterocycles. The Morgan fingerprint density at radius 2 is 2.06 bits per heavy atom. The molecule has 0 bridgehead atoms. The monoisotopic (exact) mass is 233 g/mol. The van der Waals surface area contributed by atoms with Crippen LogP contribution in [0.5, 0.6) is 0 Å². The third-order valence-corrected chi connectivity index (χ3v) is 3.89. The van der Waals surface area contributed by atoms with Crippen molar-refractivity contribution in [3.63, 3.8) is 0 Å². The lowest BCUT2D eigenvalue weighted by atomic mass is 9.88. The summed E-state index contributed by atoms with van der Waals surface area (Å²) in [6, 6.07) is 8.16. The summed E-state index contributed by atoms with van der Waals surface area (Å²) in [4.78, 5) is 13.5. The van der Waals surface area contributed by atoms with Crippen molar-refractivity contribution in [2.75, 3.05) is 11.4 Å². The van der Waals surface area contributed by atoms with E-state index in [1.54, 1.807) is 0 Å². The number of rotatable bonds is 2. The highest BCUT2D eigenvalue weighted by Gasteiger charge is 2.45. The standard InChI is InChI=1S/C14H19NO2/c1-10-6-4-5-7-12(10)15-9-8-11(13(16)17)14(15,2)3/h4-7,11H,8-9H2,1-3H3,(H,16,17). The Bertz CT molecular complexity index is 440. The topological polar surface area (TPSA) is 40.5 Å². The molecule has 92 valence electrons. The van der Waals surface area contributed by atoms with E-state index in [0.717, 1.165) is 18.7 Å². The van der Waals surface area contributed by atoms with Gasteiger partial charge in [-0.25, -0.2) is 0 Å². The van der Waals surface area contributed by atoms with E-state index in [4.69, 9.17) is 0 Å². The Labute approximate surface area is 102 Å². The number of anilines is 1. The molecule has 0 aromatic heterocycles. The van der Waals surface area contributed by atoms with Gasteiger partial charge in [0, 0.05) is 17.8 Å². The van der Waals surface area contributed by atoms with Gasteiger partial charge in [0.1, 0.15) is 0 Å². The zero-order valence-corrected chi connectivity index (χ0v) is 10.6. The van der Waals surface area contributed by atoms with Gasteiger partial charge in [-0.3, -0.25) is 4.79 Å². The molecule has 0 radical (unpaired) electrons. The van der Waals surface area contributed by atoms with Gasteiger partial charge in [-0.05, 0) is 38.8 Å². The minimum atomic E-state index is -0.689. The van der Waals surface area contributed by atoms with Crippen LogP contribution in [-0.4, -0.2) is 23.2 Å². The van der Waals surface area contributed by atoms with E-state index in [9.17, 15) is 9.90 Å². The number of carboxylic acids is 1. The number of aliphatic carboxylic acids is 1. The molecule has 1 saturated heterocycles.